The predicted octanol–water partition coefficient (Wildman–Crippen LogP) is 4.72. The largest absolute Gasteiger partial charge is 1.00 e. The van der Waals surface area contributed by atoms with E-state index in [0.717, 1.165) is 5.33 Å². The van der Waals surface area contributed by atoms with Crippen LogP contribution in [0.4, 0.5) is 0 Å². The van der Waals surface area contributed by atoms with Gasteiger partial charge in [-0.15, -0.1) is 0 Å². The van der Waals surface area contributed by atoms with Crippen LogP contribution in [0.5, 0.6) is 0 Å². The molecule has 1 nitrogen and oxygen atoms in total. The van der Waals surface area contributed by atoms with Crippen molar-refractivity contribution in [2.24, 2.45) is 0 Å². The first kappa shape index (κ1) is 28.1. The van der Waals surface area contributed by atoms with Gasteiger partial charge < -0.3 is 21.5 Å². The zero-order chi connectivity index (χ0) is 17.9. The van der Waals surface area contributed by atoms with E-state index in [-0.39, 0.29) is 17.0 Å². The molecule has 0 saturated carbocycles. The minimum Gasteiger partial charge on any atom is -1.00 e. The summed E-state index contributed by atoms with van der Waals surface area (Å²) in [6, 6.07) is 0. The van der Waals surface area contributed by atoms with Crippen LogP contribution in [0.25, 0.3) is 0 Å². The van der Waals surface area contributed by atoms with E-state index in [1.807, 2.05) is 0 Å². The van der Waals surface area contributed by atoms with Crippen molar-refractivity contribution in [3.05, 3.63) is 0 Å². The minimum atomic E-state index is 0. The molecule has 0 N–H and O–H groups in total. The number of unbranched alkanes of at least 4 members (excludes halogenated alkanes) is 14. The van der Waals surface area contributed by atoms with E-state index in [0.29, 0.717) is 0 Å². The molecule has 25 heavy (non-hydrogen) atoms. The van der Waals surface area contributed by atoms with E-state index < -0.39 is 0 Å². The Kier molecular flexibility index (Phi) is 23.9. The minimum absolute atomic E-state index is 0. The normalized spacial score (nSPS) is 11.5. The number of nitrogens with zero attached hydrogens (tertiary/aromatic N) is 1. The molecule has 3 heteroatoms. The summed E-state index contributed by atoms with van der Waals surface area (Å²) >= 11 is 3.53. The molecule has 0 aliphatic rings. The summed E-state index contributed by atoms with van der Waals surface area (Å²) < 4.78 is 1.21. The maximum Gasteiger partial charge on any atom is 0.0782 e. The summed E-state index contributed by atoms with van der Waals surface area (Å²) in [5.41, 5.74) is 0. The van der Waals surface area contributed by atoms with Crippen LogP contribution in [0.3, 0.4) is 0 Å². The van der Waals surface area contributed by atoms with Gasteiger partial charge in [0, 0.05) is 5.33 Å². The van der Waals surface area contributed by atoms with Crippen molar-refractivity contribution >= 4 is 15.9 Å². The van der Waals surface area contributed by atoms with Gasteiger partial charge in [0.25, 0.3) is 0 Å². The fourth-order valence-corrected chi connectivity index (χ4v) is 3.88. The van der Waals surface area contributed by atoms with Crippen LogP contribution in [-0.2, 0) is 0 Å². The molecule has 0 bridgehead atoms. The molecule has 0 aromatic rings. The second-order valence-corrected chi connectivity index (χ2v) is 9.17. The fraction of sp³-hybridized carbons (Fsp3) is 1.00. The van der Waals surface area contributed by atoms with Crippen molar-refractivity contribution < 1.29 is 21.5 Å². The number of rotatable bonds is 19. The number of alkyl halides is 1. The van der Waals surface area contributed by atoms with Gasteiger partial charge in [0.15, 0.2) is 0 Å². The Hall–Kier alpha value is 0.920. The first-order chi connectivity index (χ1) is 11.6. The zero-order valence-corrected chi connectivity index (χ0v) is 20.8. The highest BCUT2D eigenvalue weighted by Gasteiger charge is 2.13. The quantitative estimate of drug-likeness (QED) is 0.141. The Morgan fingerprint density at radius 3 is 1.20 bits per heavy atom. The highest BCUT2D eigenvalue weighted by atomic mass is 79.9. The molecule has 0 fully saturated rings. The van der Waals surface area contributed by atoms with Crippen LogP contribution >= 0.6 is 15.9 Å². The van der Waals surface area contributed by atoms with Gasteiger partial charge in [-0.05, 0) is 25.7 Å². The third-order valence-electron chi connectivity index (χ3n) is 5.26. The van der Waals surface area contributed by atoms with Crippen LogP contribution in [0, 0.1) is 0 Å². The van der Waals surface area contributed by atoms with Crippen molar-refractivity contribution in [1.82, 2.24) is 0 Å². The average molecular weight is 485 g/mol. The topological polar surface area (TPSA) is 0 Å². The van der Waals surface area contributed by atoms with E-state index in [1.165, 1.54) is 120 Å². The summed E-state index contributed by atoms with van der Waals surface area (Å²) in [4.78, 5) is 0. The molecule has 0 aromatic carbocycles. The van der Waals surface area contributed by atoms with Gasteiger partial charge in [0.2, 0.25) is 0 Å². The monoisotopic (exact) mass is 483 g/mol. The van der Waals surface area contributed by atoms with Crippen molar-refractivity contribution in [1.29, 1.82) is 0 Å². The van der Waals surface area contributed by atoms with Gasteiger partial charge in [-0.1, -0.05) is 99.9 Å². The SMILES string of the molecule is CCCCCCCCCCCCCCCC[N+](C)(C)CCCCBr.[Br-]. The molecule has 0 spiro atoms. The summed E-state index contributed by atoms with van der Waals surface area (Å²) in [7, 11) is 4.80. The Balaban J connectivity index is 0. The second-order valence-electron chi connectivity index (χ2n) is 8.38. The van der Waals surface area contributed by atoms with E-state index in [1.54, 1.807) is 0 Å². The smallest absolute Gasteiger partial charge is 0.0782 e. The van der Waals surface area contributed by atoms with Gasteiger partial charge in [0.05, 0.1) is 27.2 Å². The maximum absolute atomic E-state index is 3.53. The number of hydrogen-bond donors (Lipinski definition) is 0. The highest BCUT2D eigenvalue weighted by molar-refractivity contribution is 9.09. The summed E-state index contributed by atoms with van der Waals surface area (Å²) in [6.45, 7) is 5.00. The molecule has 0 aromatic heterocycles. The molecule has 0 atom stereocenters. The highest BCUT2D eigenvalue weighted by Crippen LogP contribution is 2.13. The first-order valence-electron chi connectivity index (χ1n) is 11.0. The fourth-order valence-electron chi connectivity index (χ4n) is 3.48. The van der Waals surface area contributed by atoms with Crippen LogP contribution in [0.15, 0.2) is 0 Å². The van der Waals surface area contributed by atoms with E-state index in [9.17, 15) is 0 Å². The van der Waals surface area contributed by atoms with Gasteiger partial charge in [-0.2, -0.15) is 0 Å². The van der Waals surface area contributed by atoms with E-state index >= 15 is 0 Å². The number of halogens is 2. The molecule has 0 saturated heterocycles. The molecular formula is C22H47Br2N. The molecule has 0 heterocycles. The van der Waals surface area contributed by atoms with Gasteiger partial charge >= 0.3 is 0 Å². The summed E-state index contributed by atoms with van der Waals surface area (Å²) in [5, 5.41) is 1.16. The van der Waals surface area contributed by atoms with Crippen molar-refractivity contribution in [3.63, 3.8) is 0 Å². The Morgan fingerprint density at radius 1 is 0.520 bits per heavy atom. The lowest BCUT2D eigenvalue weighted by Gasteiger charge is -2.29. The van der Waals surface area contributed by atoms with Crippen molar-refractivity contribution in [2.45, 2.75) is 110 Å². The molecule has 0 rings (SSSR count). The van der Waals surface area contributed by atoms with Crippen LogP contribution in [0.1, 0.15) is 110 Å². The van der Waals surface area contributed by atoms with E-state index in [4.69, 9.17) is 0 Å². The third-order valence-corrected chi connectivity index (χ3v) is 5.82. The number of quaternary nitrogens is 1. The average Bonchev–Trinajstić information content (AvgIpc) is 2.55. The standard InChI is InChI=1S/C22H47BrN.BrH/c1-4-5-6-7-8-9-10-11-12-13-14-15-16-18-21-24(2,3)22-19-17-20-23;/h4-22H2,1-3H3;1H/q+1;/p-1. The summed E-state index contributed by atoms with van der Waals surface area (Å²) in [5.74, 6) is 0. The molecule has 0 aliphatic carbocycles. The molecular weight excluding hydrogens is 438 g/mol. The lowest BCUT2D eigenvalue weighted by Crippen LogP contribution is -3.00. The predicted molar refractivity (Wildman–Crippen MR) is 115 cm³/mol. The van der Waals surface area contributed by atoms with Gasteiger partial charge in [-0.25, -0.2) is 0 Å². The Labute approximate surface area is 179 Å². The molecule has 0 amide bonds. The summed E-state index contributed by atoms with van der Waals surface area (Å²) in [6.07, 6.45) is 23.1. The molecule has 154 valence electrons. The molecule has 0 radical (unpaired) electrons. The third kappa shape index (κ3) is 22.9. The molecule has 0 unspecified atom stereocenters. The van der Waals surface area contributed by atoms with Crippen molar-refractivity contribution in [2.75, 3.05) is 32.5 Å². The lowest BCUT2D eigenvalue weighted by atomic mass is 10.0. The lowest BCUT2D eigenvalue weighted by molar-refractivity contribution is -0.890. The number of hydrogen-bond acceptors (Lipinski definition) is 0. The van der Waals surface area contributed by atoms with Crippen LogP contribution in [0.2, 0.25) is 0 Å². The van der Waals surface area contributed by atoms with Gasteiger partial charge in [0.1, 0.15) is 0 Å². The Morgan fingerprint density at radius 2 is 0.840 bits per heavy atom. The van der Waals surface area contributed by atoms with E-state index in [2.05, 4.69) is 36.9 Å². The maximum atomic E-state index is 3.53. The first-order valence-corrected chi connectivity index (χ1v) is 12.1. The Bertz CT molecular complexity index is 244. The second kappa shape index (κ2) is 21.2. The molecule has 0 aliphatic heterocycles. The zero-order valence-electron chi connectivity index (χ0n) is 17.6. The van der Waals surface area contributed by atoms with Crippen LogP contribution in [-0.4, -0.2) is 37.0 Å². The van der Waals surface area contributed by atoms with Crippen molar-refractivity contribution in [3.8, 4) is 0 Å². The van der Waals surface area contributed by atoms with Crippen LogP contribution < -0.4 is 17.0 Å². The van der Waals surface area contributed by atoms with Gasteiger partial charge in [-0.3, -0.25) is 0 Å².